The van der Waals surface area contributed by atoms with E-state index in [0.29, 0.717) is 19.3 Å². The normalized spacial score (nSPS) is 14.6. The van der Waals surface area contributed by atoms with Gasteiger partial charge in [0.15, 0.2) is 6.10 Å². The monoisotopic (exact) mass is 1590 g/mol. The minimum absolute atomic E-state index is 0.0804. The fourth-order valence-corrected chi connectivity index (χ4v) is 13.2. The standard InChI is InChI=1S/C93H158O16P2/c1-4-7-10-13-16-19-22-25-28-30-32-34-36-38-40-42-43-45-47-48-50-52-54-56-59-61-64-67-70-73-76-79-91(96)103-82-88(94)83-105-110(99,100)106-84-89(95)85-107-111(101,102)108-87-90(109-93(98)81-78-75-72-69-66-63-58-27-24-21-18-15-12-9-6-3)86-104-92(97)80-77-74-71-68-65-62-60-57-55-53-51-49-46-44-41-39-37-35-33-31-29-26-23-20-17-14-11-8-5-2/h8-9,11-12,16-21,25-29,32-35,38-41,46,49,58,88-90,94-95H,4-7,10,13-15,22-24,30-31,36-37,42-45,47-48,50-57,59-87H2,1-3H3,(H,99,100)(H,101,102)/b11-8-,12-9-,19-16-,20-17-,21-18-,28-25-,29-26-,34-32-,35-33-,40-38-,41-39-,49-46-,58-27-. The second kappa shape index (κ2) is 84.6. The maximum atomic E-state index is 13.0. The van der Waals surface area contributed by atoms with E-state index in [0.717, 1.165) is 161 Å². The molecule has 5 atom stereocenters. The number of unbranched alkanes of at least 4 members (excludes halogenated alkanes) is 33. The lowest BCUT2D eigenvalue weighted by atomic mass is 10.0. The van der Waals surface area contributed by atoms with Gasteiger partial charge in [-0.25, -0.2) is 9.13 Å². The smallest absolute Gasteiger partial charge is 0.463 e. The third kappa shape index (κ3) is 85.9. The van der Waals surface area contributed by atoms with Crippen LogP contribution in [0, 0.1) is 0 Å². The molecule has 0 amide bonds. The number of aliphatic hydroxyl groups excluding tert-OH is 2. The maximum Gasteiger partial charge on any atom is 0.472 e. The zero-order chi connectivity index (χ0) is 80.8. The molecule has 0 spiro atoms. The van der Waals surface area contributed by atoms with Crippen molar-refractivity contribution < 1.29 is 75.8 Å². The lowest BCUT2D eigenvalue weighted by Crippen LogP contribution is -2.30. The number of phosphoric ester groups is 2. The number of allylic oxidation sites excluding steroid dienone is 26. The Balaban J connectivity index is 4.51. The van der Waals surface area contributed by atoms with Crippen molar-refractivity contribution in [3.8, 4) is 0 Å². The van der Waals surface area contributed by atoms with Crippen LogP contribution in [0.1, 0.15) is 355 Å². The van der Waals surface area contributed by atoms with Gasteiger partial charge in [0.2, 0.25) is 0 Å². The molecule has 0 aliphatic carbocycles. The molecule has 0 saturated heterocycles. The largest absolute Gasteiger partial charge is 0.472 e. The molecule has 0 aliphatic heterocycles. The highest BCUT2D eigenvalue weighted by Gasteiger charge is 2.29. The SMILES string of the molecule is CC/C=C\C/C=C\C/C=C\C/C=C\C/C=C\C/C=C\CCCCCCCCCCCCC(=O)OCC(COP(=O)(O)OCC(O)COP(=O)(O)OCC(O)COC(=O)CCCCCCCCCCCCCCCCC/C=C\C/C=C\C/C=C\C/C=C\CCCCC)OC(=O)CCCCCCC/C=C\C/C=C\C/C=C\CC. The summed E-state index contributed by atoms with van der Waals surface area (Å²) in [5.41, 5.74) is 0. The summed E-state index contributed by atoms with van der Waals surface area (Å²) in [4.78, 5) is 58.8. The second-order valence-corrected chi connectivity index (χ2v) is 31.8. The van der Waals surface area contributed by atoms with Crippen molar-refractivity contribution in [2.75, 3.05) is 39.6 Å². The summed E-state index contributed by atoms with van der Waals surface area (Å²) in [7, 11) is -9.81. The van der Waals surface area contributed by atoms with Crippen LogP contribution in [0.4, 0.5) is 0 Å². The Bertz CT molecular complexity index is 2650. The van der Waals surface area contributed by atoms with Crippen LogP contribution < -0.4 is 0 Å². The van der Waals surface area contributed by atoms with Gasteiger partial charge >= 0.3 is 33.6 Å². The highest BCUT2D eigenvalue weighted by molar-refractivity contribution is 7.47. The van der Waals surface area contributed by atoms with Gasteiger partial charge in [-0.2, -0.15) is 0 Å². The number of esters is 3. The average Bonchev–Trinajstić information content (AvgIpc) is 0.971. The molecule has 0 radical (unpaired) electrons. The number of carbonyl (C=O) groups excluding carboxylic acids is 3. The molecule has 0 aromatic heterocycles. The van der Waals surface area contributed by atoms with Crippen molar-refractivity contribution >= 4 is 33.6 Å². The zero-order valence-electron chi connectivity index (χ0n) is 69.8. The molecule has 0 saturated carbocycles. The summed E-state index contributed by atoms with van der Waals surface area (Å²) in [6, 6.07) is 0. The Kier molecular flexibility index (Phi) is 80.9. The fraction of sp³-hybridized carbons (Fsp3) is 0.688. The molecule has 18 heteroatoms. The molecule has 4 N–H and O–H groups in total. The van der Waals surface area contributed by atoms with Crippen molar-refractivity contribution in [3.63, 3.8) is 0 Å². The highest BCUT2D eigenvalue weighted by atomic mass is 31.2. The minimum Gasteiger partial charge on any atom is -0.463 e. The van der Waals surface area contributed by atoms with Crippen molar-refractivity contribution in [1.29, 1.82) is 0 Å². The molecule has 16 nitrogen and oxygen atoms in total. The van der Waals surface area contributed by atoms with Gasteiger partial charge < -0.3 is 34.2 Å². The Morgan fingerprint density at radius 3 is 0.757 bits per heavy atom. The first kappa shape index (κ1) is 106. The molecule has 0 bridgehead atoms. The first-order valence-corrected chi connectivity index (χ1v) is 46.8. The van der Waals surface area contributed by atoms with E-state index in [1.54, 1.807) is 0 Å². The molecule has 0 aliphatic rings. The Morgan fingerprint density at radius 2 is 0.477 bits per heavy atom. The van der Waals surface area contributed by atoms with E-state index >= 15 is 0 Å². The summed E-state index contributed by atoms with van der Waals surface area (Å²) in [6.07, 6.45) is 107. The van der Waals surface area contributed by atoms with Gasteiger partial charge in [0, 0.05) is 19.3 Å². The molecule has 0 aromatic rings. The summed E-state index contributed by atoms with van der Waals surface area (Å²) < 4.78 is 61.3. The third-order valence-corrected chi connectivity index (χ3v) is 20.1. The second-order valence-electron chi connectivity index (χ2n) is 28.9. The van der Waals surface area contributed by atoms with Crippen LogP contribution in [0.2, 0.25) is 0 Å². The molecule has 0 aromatic carbocycles. The lowest BCUT2D eigenvalue weighted by Gasteiger charge is -2.21. The first-order valence-electron chi connectivity index (χ1n) is 43.8. The Hall–Kier alpha value is -4.83. The molecular weight excluding hydrogens is 1430 g/mol. The van der Waals surface area contributed by atoms with E-state index < -0.39 is 91.5 Å². The maximum absolute atomic E-state index is 13.0. The molecule has 636 valence electrons. The van der Waals surface area contributed by atoms with Gasteiger partial charge in [-0.1, -0.05) is 346 Å². The van der Waals surface area contributed by atoms with Gasteiger partial charge in [-0.05, 0) is 148 Å². The molecule has 0 rings (SSSR count). The van der Waals surface area contributed by atoms with Crippen LogP contribution in [-0.2, 0) is 55.8 Å². The van der Waals surface area contributed by atoms with Crippen LogP contribution in [0.5, 0.6) is 0 Å². The zero-order valence-corrected chi connectivity index (χ0v) is 71.6. The average molecular weight is 1590 g/mol. The van der Waals surface area contributed by atoms with Gasteiger partial charge in [0.1, 0.15) is 25.4 Å². The van der Waals surface area contributed by atoms with Crippen molar-refractivity contribution in [2.45, 2.75) is 373 Å². The fourth-order valence-electron chi connectivity index (χ4n) is 11.6. The van der Waals surface area contributed by atoms with E-state index in [1.165, 1.54) is 135 Å². The number of phosphoric acid groups is 2. The summed E-state index contributed by atoms with van der Waals surface area (Å²) in [5.74, 6) is -1.60. The number of aliphatic hydroxyl groups is 2. The number of carbonyl (C=O) groups is 3. The van der Waals surface area contributed by atoms with Gasteiger partial charge in [-0.3, -0.25) is 32.5 Å². The van der Waals surface area contributed by atoms with E-state index in [9.17, 15) is 43.5 Å². The molecule has 0 heterocycles. The van der Waals surface area contributed by atoms with E-state index in [4.69, 9.17) is 32.3 Å². The topological polar surface area (TPSA) is 231 Å². The van der Waals surface area contributed by atoms with Crippen molar-refractivity contribution in [3.05, 3.63) is 158 Å². The van der Waals surface area contributed by atoms with Crippen LogP contribution in [-0.4, -0.2) is 95.9 Å². The number of hydrogen-bond donors (Lipinski definition) is 4. The van der Waals surface area contributed by atoms with E-state index in [-0.39, 0.29) is 19.3 Å². The quantitative estimate of drug-likeness (QED) is 0.0146. The molecule has 0 fully saturated rings. The first-order chi connectivity index (χ1) is 54.2. The summed E-state index contributed by atoms with van der Waals surface area (Å²) in [6.45, 7) is 2.43. The van der Waals surface area contributed by atoms with Crippen molar-refractivity contribution in [2.24, 2.45) is 0 Å². The molecule has 5 unspecified atom stereocenters. The van der Waals surface area contributed by atoms with Crippen LogP contribution in [0.15, 0.2) is 158 Å². The summed E-state index contributed by atoms with van der Waals surface area (Å²) >= 11 is 0. The van der Waals surface area contributed by atoms with Crippen LogP contribution in [0.25, 0.3) is 0 Å². The highest BCUT2D eigenvalue weighted by Crippen LogP contribution is 2.45. The third-order valence-electron chi connectivity index (χ3n) is 18.2. The van der Waals surface area contributed by atoms with Gasteiger partial charge in [-0.15, -0.1) is 0 Å². The number of hydrogen-bond acceptors (Lipinski definition) is 14. The minimum atomic E-state index is -4.94. The van der Waals surface area contributed by atoms with Crippen LogP contribution in [0.3, 0.4) is 0 Å². The van der Waals surface area contributed by atoms with Gasteiger partial charge in [0.05, 0.1) is 26.4 Å². The lowest BCUT2D eigenvalue weighted by molar-refractivity contribution is -0.161. The van der Waals surface area contributed by atoms with Gasteiger partial charge in [0.25, 0.3) is 0 Å². The Labute approximate surface area is 676 Å². The predicted molar refractivity (Wildman–Crippen MR) is 463 cm³/mol. The Morgan fingerprint density at radius 1 is 0.261 bits per heavy atom. The van der Waals surface area contributed by atoms with Crippen molar-refractivity contribution in [1.82, 2.24) is 0 Å². The van der Waals surface area contributed by atoms with E-state index in [1.807, 2.05) is 0 Å². The van der Waals surface area contributed by atoms with Crippen LogP contribution >= 0.6 is 15.6 Å². The number of ether oxygens (including phenoxy) is 3. The predicted octanol–water partition coefficient (Wildman–Crippen LogP) is 26.5. The summed E-state index contributed by atoms with van der Waals surface area (Å²) in [5, 5.41) is 20.7. The molecule has 111 heavy (non-hydrogen) atoms. The number of rotatable bonds is 82. The van der Waals surface area contributed by atoms with E-state index in [2.05, 4.69) is 179 Å². The molecular formula is C93H158O16P2.